The van der Waals surface area contributed by atoms with Crippen LogP contribution in [0.5, 0.6) is 0 Å². The third-order valence-corrected chi connectivity index (χ3v) is 9.00. The van der Waals surface area contributed by atoms with Gasteiger partial charge in [0.25, 0.3) is 0 Å². The minimum Gasteiger partial charge on any atom is -0.334 e. The van der Waals surface area contributed by atoms with Gasteiger partial charge in [0.05, 0.1) is 16.6 Å². The van der Waals surface area contributed by atoms with E-state index in [0.29, 0.717) is 25.7 Å². The van der Waals surface area contributed by atoms with E-state index >= 15 is 0 Å². The molecule has 2 fully saturated rings. The Hall–Kier alpha value is -3.17. The first-order valence-corrected chi connectivity index (χ1v) is 14.7. The summed E-state index contributed by atoms with van der Waals surface area (Å²) >= 11 is 0. The molecule has 0 spiro atoms. The first-order chi connectivity index (χ1) is 18.1. The van der Waals surface area contributed by atoms with Gasteiger partial charge in [0.2, 0.25) is 10.0 Å². The number of carbonyl (C=O) groups excluding carboxylic acids is 1. The van der Waals surface area contributed by atoms with Gasteiger partial charge in [0.1, 0.15) is 0 Å². The summed E-state index contributed by atoms with van der Waals surface area (Å²) in [7, 11) is -2.11. The maximum absolute atomic E-state index is 13.3. The van der Waals surface area contributed by atoms with Crippen LogP contribution < -0.4 is 10.0 Å². The van der Waals surface area contributed by atoms with E-state index in [2.05, 4.69) is 66.0 Å². The number of sulfonamides is 1. The molecule has 1 saturated carbocycles. The van der Waals surface area contributed by atoms with Crippen LogP contribution in [0.3, 0.4) is 0 Å². The van der Waals surface area contributed by atoms with E-state index in [0.717, 1.165) is 11.3 Å². The zero-order valence-corrected chi connectivity index (χ0v) is 23.3. The molecule has 9 heteroatoms. The molecular weight excluding hydrogens is 498 g/mol. The Morgan fingerprint density at radius 1 is 1.00 bits per heavy atom. The van der Waals surface area contributed by atoms with Crippen LogP contribution in [0.1, 0.15) is 73.9 Å². The predicted octanol–water partition coefficient (Wildman–Crippen LogP) is 4.52. The highest BCUT2D eigenvalue weighted by Crippen LogP contribution is 2.44. The van der Waals surface area contributed by atoms with Crippen LogP contribution in [0.2, 0.25) is 0 Å². The minimum absolute atomic E-state index is 0.0979. The molecule has 2 aliphatic rings. The predicted molar refractivity (Wildman–Crippen MR) is 148 cm³/mol. The Morgan fingerprint density at radius 2 is 1.66 bits per heavy atom. The van der Waals surface area contributed by atoms with Gasteiger partial charge in [-0.05, 0) is 48.7 Å². The Bertz CT molecular complexity index is 1390. The van der Waals surface area contributed by atoms with E-state index in [1.54, 1.807) is 24.3 Å². The molecular formula is C29H37N5O3S. The number of likely N-dealkylation sites (tertiary alicyclic amines) is 1. The van der Waals surface area contributed by atoms with Gasteiger partial charge in [0, 0.05) is 43.1 Å². The normalized spacial score (nSPS) is 20.1. The summed E-state index contributed by atoms with van der Waals surface area (Å²) in [5.74, 6) is 0.321. The zero-order chi connectivity index (χ0) is 27.1. The molecule has 2 aromatic carbocycles. The molecule has 2 unspecified atom stereocenters. The lowest BCUT2D eigenvalue weighted by molar-refractivity contribution is 0.207. The van der Waals surface area contributed by atoms with Crippen LogP contribution in [0.4, 0.5) is 4.79 Å². The Morgan fingerprint density at radius 3 is 2.26 bits per heavy atom. The highest BCUT2D eigenvalue weighted by molar-refractivity contribution is 7.89. The molecule has 38 heavy (non-hydrogen) atoms. The second kappa shape index (κ2) is 10.2. The van der Waals surface area contributed by atoms with Crippen molar-refractivity contribution in [2.75, 3.05) is 20.1 Å². The lowest BCUT2D eigenvalue weighted by Gasteiger charge is -2.23. The highest BCUT2D eigenvalue weighted by atomic mass is 32.2. The number of nitrogens with zero attached hydrogens (tertiary/aromatic N) is 3. The first kappa shape index (κ1) is 26.4. The Kier molecular flexibility index (Phi) is 7.09. The smallest absolute Gasteiger partial charge is 0.317 e. The van der Waals surface area contributed by atoms with Gasteiger partial charge in [-0.2, -0.15) is 5.10 Å². The van der Waals surface area contributed by atoms with Crippen molar-refractivity contribution in [3.8, 4) is 0 Å². The second-order valence-corrected chi connectivity index (χ2v) is 13.3. The topological polar surface area (TPSA) is 96.3 Å². The molecule has 8 nitrogen and oxygen atoms in total. The molecule has 2 heterocycles. The van der Waals surface area contributed by atoms with E-state index in [1.807, 2.05) is 11.0 Å². The van der Waals surface area contributed by atoms with Crippen molar-refractivity contribution in [1.82, 2.24) is 24.7 Å². The molecule has 5 rings (SSSR count). The van der Waals surface area contributed by atoms with Crippen molar-refractivity contribution in [2.45, 2.75) is 68.3 Å². The molecule has 0 bridgehead atoms. The third kappa shape index (κ3) is 5.49. The summed E-state index contributed by atoms with van der Waals surface area (Å²) in [6.45, 7) is 8.19. The monoisotopic (exact) mass is 535 g/mol. The SMILES string of the molecule is CNS(=O)(=O)c1ccc(CNC(=O)N2CC(c3ccccc3)C(c3cn(C4CC4)nc3C(C)(C)C)C2)cc1. The second-order valence-electron chi connectivity index (χ2n) is 11.4. The van der Waals surface area contributed by atoms with Crippen molar-refractivity contribution in [3.63, 3.8) is 0 Å². The van der Waals surface area contributed by atoms with Crippen LogP contribution in [0.25, 0.3) is 0 Å². The molecule has 1 aromatic heterocycles. The Labute approximate surface area is 225 Å². The third-order valence-electron chi connectivity index (χ3n) is 7.57. The Balaban J connectivity index is 1.36. The summed E-state index contributed by atoms with van der Waals surface area (Å²) in [6, 6.07) is 17.4. The van der Waals surface area contributed by atoms with Crippen LogP contribution >= 0.6 is 0 Å². The summed E-state index contributed by atoms with van der Waals surface area (Å²) in [5.41, 5.74) is 4.33. The zero-order valence-electron chi connectivity index (χ0n) is 22.5. The largest absolute Gasteiger partial charge is 0.334 e. The van der Waals surface area contributed by atoms with Crippen LogP contribution in [0, 0.1) is 0 Å². The van der Waals surface area contributed by atoms with Gasteiger partial charge in [0.15, 0.2) is 0 Å². The maximum atomic E-state index is 13.3. The van der Waals surface area contributed by atoms with Gasteiger partial charge in [-0.15, -0.1) is 0 Å². The lowest BCUT2D eigenvalue weighted by Crippen LogP contribution is -2.38. The van der Waals surface area contributed by atoms with E-state index < -0.39 is 10.0 Å². The average Bonchev–Trinajstić information content (AvgIpc) is 3.49. The highest BCUT2D eigenvalue weighted by Gasteiger charge is 2.41. The molecule has 0 radical (unpaired) electrons. The number of hydrogen-bond donors (Lipinski definition) is 2. The fourth-order valence-corrected chi connectivity index (χ4v) is 6.03. The molecule has 1 saturated heterocycles. The van der Waals surface area contributed by atoms with E-state index in [1.165, 1.54) is 31.0 Å². The standard InChI is InChI=1S/C29H37N5O3S/c1-29(2,3)27-26(19-34(32-27)22-12-13-22)25-18-33(17-24(25)21-8-6-5-7-9-21)28(35)31-16-20-10-14-23(15-11-20)38(36,37)30-4/h5-11,14-15,19,22,24-25,30H,12-13,16-18H2,1-4H3,(H,31,35). The van der Waals surface area contributed by atoms with E-state index in [-0.39, 0.29) is 28.2 Å². The number of benzene rings is 2. The van der Waals surface area contributed by atoms with Crippen molar-refractivity contribution in [1.29, 1.82) is 0 Å². The number of hydrogen-bond acceptors (Lipinski definition) is 4. The summed E-state index contributed by atoms with van der Waals surface area (Å²) < 4.78 is 28.4. The minimum atomic E-state index is -3.49. The molecule has 2 amide bonds. The van der Waals surface area contributed by atoms with E-state index in [9.17, 15) is 13.2 Å². The van der Waals surface area contributed by atoms with Crippen molar-refractivity contribution in [2.24, 2.45) is 0 Å². The molecule has 2 N–H and O–H groups in total. The van der Waals surface area contributed by atoms with Crippen molar-refractivity contribution < 1.29 is 13.2 Å². The van der Waals surface area contributed by atoms with Gasteiger partial charge < -0.3 is 10.2 Å². The molecule has 1 aliphatic heterocycles. The molecule has 202 valence electrons. The van der Waals surface area contributed by atoms with Gasteiger partial charge in [-0.1, -0.05) is 63.2 Å². The van der Waals surface area contributed by atoms with Crippen LogP contribution in [-0.4, -0.2) is 49.3 Å². The molecule has 1 aliphatic carbocycles. The number of aromatic nitrogens is 2. The van der Waals surface area contributed by atoms with Crippen LogP contribution in [0.15, 0.2) is 65.7 Å². The van der Waals surface area contributed by atoms with Gasteiger partial charge in [-0.25, -0.2) is 17.9 Å². The summed E-state index contributed by atoms with van der Waals surface area (Å²) in [4.78, 5) is 15.4. The van der Waals surface area contributed by atoms with Crippen molar-refractivity contribution in [3.05, 3.63) is 83.2 Å². The fourth-order valence-electron chi connectivity index (χ4n) is 5.30. The first-order valence-electron chi connectivity index (χ1n) is 13.3. The fraction of sp³-hybridized carbons (Fsp3) is 0.448. The van der Waals surface area contributed by atoms with Crippen LogP contribution in [-0.2, 0) is 22.0 Å². The number of amides is 2. The number of nitrogens with one attached hydrogen (secondary N) is 2. The summed E-state index contributed by atoms with van der Waals surface area (Å²) in [5, 5.41) is 8.08. The number of carbonyl (C=O) groups is 1. The molecule has 3 aromatic rings. The van der Waals surface area contributed by atoms with Crippen molar-refractivity contribution >= 4 is 16.1 Å². The summed E-state index contributed by atoms with van der Waals surface area (Å²) in [6.07, 6.45) is 4.59. The van der Waals surface area contributed by atoms with E-state index in [4.69, 9.17) is 5.10 Å². The lowest BCUT2D eigenvalue weighted by atomic mass is 9.79. The quantitative estimate of drug-likeness (QED) is 0.465. The number of rotatable bonds is 7. The van der Waals surface area contributed by atoms with Gasteiger partial charge in [-0.3, -0.25) is 4.68 Å². The average molecular weight is 536 g/mol. The maximum Gasteiger partial charge on any atom is 0.317 e. The van der Waals surface area contributed by atoms with Gasteiger partial charge >= 0.3 is 6.03 Å². The molecule has 2 atom stereocenters. The number of urea groups is 1.